The first-order chi connectivity index (χ1) is 7.19. The lowest BCUT2D eigenvalue weighted by Crippen LogP contribution is -2.44. The van der Waals surface area contributed by atoms with Crippen molar-refractivity contribution in [2.45, 2.75) is 46.1 Å². The van der Waals surface area contributed by atoms with Gasteiger partial charge in [0.1, 0.15) is 0 Å². The van der Waals surface area contributed by atoms with E-state index in [1.807, 2.05) is 7.05 Å². The van der Waals surface area contributed by atoms with Crippen LogP contribution in [-0.4, -0.2) is 37.6 Å². The average molecular weight is 212 g/mol. The molecule has 1 saturated heterocycles. The third-order valence-electron chi connectivity index (χ3n) is 4.15. The molecule has 0 saturated carbocycles. The second-order valence-electron chi connectivity index (χ2n) is 5.16. The highest BCUT2D eigenvalue weighted by molar-refractivity contribution is 4.79. The van der Waals surface area contributed by atoms with E-state index >= 15 is 0 Å². The largest absolute Gasteiger partial charge is 0.319 e. The predicted molar refractivity (Wildman–Crippen MR) is 67.1 cm³/mol. The molecule has 0 bridgehead atoms. The summed E-state index contributed by atoms with van der Waals surface area (Å²) in [5, 5.41) is 3.28. The molecule has 1 fully saturated rings. The van der Waals surface area contributed by atoms with Crippen molar-refractivity contribution >= 4 is 0 Å². The topological polar surface area (TPSA) is 15.3 Å². The Hall–Kier alpha value is -0.0800. The van der Waals surface area contributed by atoms with Crippen LogP contribution in [0, 0.1) is 11.8 Å². The lowest BCUT2D eigenvalue weighted by Gasteiger charge is -2.38. The molecule has 0 aromatic carbocycles. The van der Waals surface area contributed by atoms with Gasteiger partial charge in [0.15, 0.2) is 0 Å². The SMILES string of the molecule is CCC1CCN(C(C)C(C)CNC)CC1. The molecule has 15 heavy (non-hydrogen) atoms. The highest BCUT2D eigenvalue weighted by Gasteiger charge is 2.24. The fraction of sp³-hybridized carbons (Fsp3) is 1.00. The summed E-state index contributed by atoms with van der Waals surface area (Å²) in [6, 6.07) is 0.732. The molecule has 1 aliphatic rings. The molecule has 0 aliphatic carbocycles. The summed E-state index contributed by atoms with van der Waals surface area (Å²) < 4.78 is 0. The summed E-state index contributed by atoms with van der Waals surface area (Å²) in [7, 11) is 2.05. The Kier molecular flexibility index (Phi) is 5.62. The third-order valence-corrected chi connectivity index (χ3v) is 4.15. The molecule has 1 aliphatic heterocycles. The van der Waals surface area contributed by atoms with E-state index in [1.54, 1.807) is 0 Å². The third kappa shape index (κ3) is 3.76. The van der Waals surface area contributed by atoms with E-state index in [1.165, 1.54) is 32.4 Å². The van der Waals surface area contributed by atoms with Gasteiger partial charge in [-0.3, -0.25) is 0 Å². The average Bonchev–Trinajstić information content (AvgIpc) is 2.28. The van der Waals surface area contributed by atoms with Gasteiger partial charge in [0.2, 0.25) is 0 Å². The minimum absolute atomic E-state index is 0.732. The van der Waals surface area contributed by atoms with Gasteiger partial charge in [-0.15, -0.1) is 0 Å². The monoisotopic (exact) mass is 212 g/mol. The Labute approximate surface area is 95.4 Å². The number of hydrogen-bond acceptors (Lipinski definition) is 2. The van der Waals surface area contributed by atoms with Crippen molar-refractivity contribution in [3.63, 3.8) is 0 Å². The first-order valence-electron chi connectivity index (χ1n) is 6.57. The van der Waals surface area contributed by atoms with Crippen molar-refractivity contribution in [1.82, 2.24) is 10.2 Å². The van der Waals surface area contributed by atoms with E-state index in [-0.39, 0.29) is 0 Å². The van der Waals surface area contributed by atoms with Crippen LogP contribution < -0.4 is 5.32 Å². The number of rotatable bonds is 5. The molecule has 1 N–H and O–H groups in total. The van der Waals surface area contributed by atoms with E-state index in [0.717, 1.165) is 24.4 Å². The first-order valence-corrected chi connectivity index (χ1v) is 6.57. The van der Waals surface area contributed by atoms with E-state index in [4.69, 9.17) is 0 Å². The van der Waals surface area contributed by atoms with Crippen molar-refractivity contribution in [1.29, 1.82) is 0 Å². The Morgan fingerprint density at radius 3 is 2.33 bits per heavy atom. The van der Waals surface area contributed by atoms with Crippen molar-refractivity contribution in [3.05, 3.63) is 0 Å². The first kappa shape index (κ1) is 13.0. The van der Waals surface area contributed by atoms with E-state index in [0.29, 0.717) is 0 Å². The smallest absolute Gasteiger partial charge is 0.0105 e. The van der Waals surface area contributed by atoms with Crippen molar-refractivity contribution < 1.29 is 0 Å². The zero-order valence-corrected chi connectivity index (χ0v) is 10.9. The Morgan fingerprint density at radius 1 is 1.27 bits per heavy atom. The number of nitrogens with one attached hydrogen (secondary N) is 1. The van der Waals surface area contributed by atoms with Crippen LogP contribution in [0.1, 0.15) is 40.0 Å². The minimum Gasteiger partial charge on any atom is -0.319 e. The number of piperidine rings is 1. The van der Waals surface area contributed by atoms with E-state index in [9.17, 15) is 0 Å². The maximum absolute atomic E-state index is 3.28. The number of nitrogens with zero attached hydrogens (tertiary/aromatic N) is 1. The lowest BCUT2D eigenvalue weighted by molar-refractivity contribution is 0.108. The highest BCUT2D eigenvalue weighted by atomic mass is 15.2. The summed E-state index contributed by atoms with van der Waals surface area (Å²) >= 11 is 0. The highest BCUT2D eigenvalue weighted by Crippen LogP contribution is 2.23. The summed E-state index contributed by atoms with van der Waals surface area (Å²) in [5.74, 6) is 1.75. The normalized spacial score (nSPS) is 24.0. The van der Waals surface area contributed by atoms with Gasteiger partial charge in [0, 0.05) is 6.04 Å². The molecule has 1 rings (SSSR count). The van der Waals surface area contributed by atoms with Crippen LogP contribution in [0.3, 0.4) is 0 Å². The van der Waals surface area contributed by atoms with Gasteiger partial charge in [0.25, 0.3) is 0 Å². The van der Waals surface area contributed by atoms with E-state index in [2.05, 4.69) is 31.0 Å². The quantitative estimate of drug-likeness (QED) is 0.752. The molecule has 0 radical (unpaired) electrons. The molecule has 0 aromatic rings. The maximum Gasteiger partial charge on any atom is 0.0105 e. The lowest BCUT2D eigenvalue weighted by atomic mass is 9.91. The molecule has 2 nitrogen and oxygen atoms in total. The molecule has 0 aromatic heterocycles. The van der Waals surface area contributed by atoms with Gasteiger partial charge >= 0.3 is 0 Å². The van der Waals surface area contributed by atoms with Gasteiger partial charge in [-0.25, -0.2) is 0 Å². The van der Waals surface area contributed by atoms with Crippen LogP contribution in [-0.2, 0) is 0 Å². The molecule has 2 atom stereocenters. The van der Waals surface area contributed by atoms with Crippen LogP contribution in [0.4, 0.5) is 0 Å². The van der Waals surface area contributed by atoms with Crippen molar-refractivity contribution in [2.24, 2.45) is 11.8 Å². The molecule has 2 unspecified atom stereocenters. The van der Waals surface area contributed by atoms with Gasteiger partial charge < -0.3 is 10.2 Å². The van der Waals surface area contributed by atoms with E-state index < -0.39 is 0 Å². The molecule has 1 heterocycles. The fourth-order valence-electron chi connectivity index (χ4n) is 2.62. The molecule has 0 amide bonds. The van der Waals surface area contributed by atoms with Crippen LogP contribution in [0.5, 0.6) is 0 Å². The predicted octanol–water partition coefficient (Wildman–Crippen LogP) is 2.35. The summed E-state index contributed by atoms with van der Waals surface area (Å²) in [6.07, 6.45) is 4.19. The van der Waals surface area contributed by atoms with Crippen LogP contribution in [0.25, 0.3) is 0 Å². The second kappa shape index (κ2) is 6.49. The Bertz CT molecular complexity index is 162. The Balaban J connectivity index is 2.32. The molecule has 2 heteroatoms. The van der Waals surface area contributed by atoms with Crippen molar-refractivity contribution in [3.8, 4) is 0 Å². The molecule has 0 spiro atoms. The molecule has 90 valence electrons. The fourth-order valence-corrected chi connectivity index (χ4v) is 2.62. The summed E-state index contributed by atoms with van der Waals surface area (Å²) in [5.41, 5.74) is 0. The van der Waals surface area contributed by atoms with Crippen LogP contribution in [0.2, 0.25) is 0 Å². The van der Waals surface area contributed by atoms with Gasteiger partial charge in [-0.1, -0.05) is 20.3 Å². The van der Waals surface area contributed by atoms with Crippen molar-refractivity contribution in [2.75, 3.05) is 26.7 Å². The molecular formula is C13H28N2. The van der Waals surface area contributed by atoms with Gasteiger partial charge in [0.05, 0.1) is 0 Å². The van der Waals surface area contributed by atoms with Gasteiger partial charge in [-0.2, -0.15) is 0 Å². The minimum atomic E-state index is 0.732. The van der Waals surface area contributed by atoms with Gasteiger partial charge in [-0.05, 0) is 58.3 Å². The zero-order chi connectivity index (χ0) is 11.3. The van der Waals surface area contributed by atoms with Crippen LogP contribution >= 0.6 is 0 Å². The zero-order valence-electron chi connectivity index (χ0n) is 10.9. The maximum atomic E-state index is 3.28. The number of hydrogen-bond donors (Lipinski definition) is 1. The molecular weight excluding hydrogens is 184 g/mol. The number of likely N-dealkylation sites (tertiary alicyclic amines) is 1. The second-order valence-corrected chi connectivity index (χ2v) is 5.16. The summed E-state index contributed by atoms with van der Waals surface area (Å²) in [4.78, 5) is 2.67. The Morgan fingerprint density at radius 2 is 1.87 bits per heavy atom. The standard InChI is InChI=1S/C13H28N2/c1-5-13-6-8-15(9-7-13)12(3)11(2)10-14-4/h11-14H,5-10H2,1-4H3. The van der Waals surface area contributed by atoms with Crippen LogP contribution in [0.15, 0.2) is 0 Å². The summed E-state index contributed by atoms with van der Waals surface area (Å²) in [6.45, 7) is 10.8.